The minimum atomic E-state index is -4.60. The molecular weight excluding hydrogens is 248 g/mol. The maximum atomic E-state index is 10.3. The molecule has 0 heterocycles. The molecule has 4 unspecified atom stereocenters. The second kappa shape index (κ2) is 5.52. The third-order valence-electron chi connectivity index (χ3n) is 1.70. The molecule has 0 rings (SSSR count). The molecule has 0 saturated carbocycles. The van der Waals surface area contributed by atoms with Crippen molar-refractivity contribution in [1.82, 2.24) is 0 Å². The van der Waals surface area contributed by atoms with E-state index in [0.717, 1.165) is 0 Å². The lowest BCUT2D eigenvalue weighted by Crippen LogP contribution is -2.49. The van der Waals surface area contributed by atoms with Crippen molar-refractivity contribution in [2.45, 2.75) is 24.4 Å². The lowest BCUT2D eigenvalue weighted by atomic mass is 10.0. The summed E-state index contributed by atoms with van der Waals surface area (Å²) in [6.07, 6.45) is -9.02. The van der Waals surface area contributed by atoms with Gasteiger partial charge in [-0.25, -0.2) is 4.79 Å². The van der Waals surface area contributed by atoms with Crippen molar-refractivity contribution >= 4 is 16.1 Å². The monoisotopic (exact) mass is 260 g/mol. The molecule has 0 fully saturated rings. The summed E-state index contributed by atoms with van der Waals surface area (Å²) in [6, 6.07) is 0. The number of hydrogen-bond acceptors (Lipinski definition) is 7. The molecule has 0 aliphatic carbocycles. The Hall–Kier alpha value is -0.780. The molecule has 0 aliphatic heterocycles. The van der Waals surface area contributed by atoms with Gasteiger partial charge in [0.1, 0.15) is 18.0 Å². The first kappa shape index (κ1) is 15.2. The molecule has 9 nitrogen and oxygen atoms in total. The second-order valence-corrected chi connectivity index (χ2v) is 4.58. The molecule has 0 radical (unpaired) electrons. The van der Waals surface area contributed by atoms with Gasteiger partial charge in [0.2, 0.25) is 0 Å². The molecule has 0 spiro atoms. The fourth-order valence-electron chi connectivity index (χ4n) is 0.875. The van der Waals surface area contributed by atoms with E-state index in [1.807, 2.05) is 0 Å². The van der Waals surface area contributed by atoms with Crippen LogP contribution in [0.5, 0.6) is 0 Å². The first-order valence-corrected chi connectivity index (χ1v) is 5.57. The first-order valence-electron chi connectivity index (χ1n) is 3.96. The van der Waals surface area contributed by atoms with E-state index in [0.29, 0.717) is 0 Å². The van der Waals surface area contributed by atoms with Crippen molar-refractivity contribution in [1.29, 1.82) is 0 Å². The Bertz CT molecular complexity index is 336. The van der Waals surface area contributed by atoms with Crippen LogP contribution in [0.15, 0.2) is 0 Å². The third-order valence-corrected chi connectivity index (χ3v) is 2.46. The standard InChI is InChI=1S/C6H12O9S/c7-2(1-16(13,14)15)3(8)4(9)5(10)6(11)12/h2-5,7-10H,1H2,(H,11,12)(H,13,14,15). The predicted molar refractivity (Wildman–Crippen MR) is 48.1 cm³/mol. The van der Waals surface area contributed by atoms with Crippen molar-refractivity contribution < 1.29 is 43.3 Å². The summed E-state index contributed by atoms with van der Waals surface area (Å²) in [5.41, 5.74) is 0. The highest BCUT2D eigenvalue weighted by molar-refractivity contribution is 7.85. The predicted octanol–water partition coefficient (Wildman–Crippen LogP) is -3.60. The van der Waals surface area contributed by atoms with Crippen LogP contribution >= 0.6 is 0 Å². The molecule has 10 heteroatoms. The summed E-state index contributed by atoms with van der Waals surface area (Å²) in [5, 5.41) is 44.1. The van der Waals surface area contributed by atoms with Gasteiger partial charge in [0.25, 0.3) is 10.1 Å². The van der Waals surface area contributed by atoms with Crippen LogP contribution in [0, 0.1) is 0 Å². The van der Waals surface area contributed by atoms with Crippen LogP contribution < -0.4 is 0 Å². The molecule has 0 aromatic carbocycles. The van der Waals surface area contributed by atoms with Crippen LogP contribution in [0.2, 0.25) is 0 Å². The number of carboxylic acids is 1. The Morgan fingerprint density at radius 2 is 1.50 bits per heavy atom. The molecule has 0 saturated heterocycles. The van der Waals surface area contributed by atoms with E-state index in [2.05, 4.69) is 0 Å². The summed E-state index contributed by atoms with van der Waals surface area (Å²) < 4.78 is 28.9. The number of carbonyl (C=O) groups is 1. The maximum Gasteiger partial charge on any atom is 0.335 e. The summed E-state index contributed by atoms with van der Waals surface area (Å²) >= 11 is 0. The van der Waals surface area contributed by atoms with Crippen molar-refractivity contribution in [3.8, 4) is 0 Å². The second-order valence-electron chi connectivity index (χ2n) is 3.08. The van der Waals surface area contributed by atoms with Crippen molar-refractivity contribution in [2.24, 2.45) is 0 Å². The fraction of sp³-hybridized carbons (Fsp3) is 0.833. The summed E-state index contributed by atoms with van der Waals surface area (Å²) in [7, 11) is -4.60. The maximum absolute atomic E-state index is 10.3. The van der Waals surface area contributed by atoms with Crippen molar-refractivity contribution in [2.75, 3.05) is 5.75 Å². The number of hydrogen-bond donors (Lipinski definition) is 6. The van der Waals surface area contributed by atoms with E-state index in [1.165, 1.54) is 0 Å². The molecule has 0 aliphatic rings. The molecule has 0 bridgehead atoms. The summed E-state index contributed by atoms with van der Waals surface area (Å²) in [6.45, 7) is 0. The van der Waals surface area contributed by atoms with Gasteiger partial charge in [0.15, 0.2) is 6.10 Å². The van der Waals surface area contributed by atoms with Gasteiger partial charge in [-0.1, -0.05) is 0 Å². The average Bonchev–Trinajstić information content (AvgIpc) is 2.11. The summed E-state index contributed by atoms with van der Waals surface area (Å²) in [4.78, 5) is 10.2. The molecule has 0 aromatic rings. The molecular formula is C6H12O9S. The molecule has 6 N–H and O–H groups in total. The van der Waals surface area contributed by atoms with Crippen LogP contribution in [-0.4, -0.2) is 74.6 Å². The Balaban J connectivity index is 4.55. The topological polar surface area (TPSA) is 173 Å². The number of rotatable bonds is 6. The van der Waals surface area contributed by atoms with E-state index in [-0.39, 0.29) is 0 Å². The minimum Gasteiger partial charge on any atom is -0.479 e. The minimum absolute atomic E-state index is 1.29. The van der Waals surface area contributed by atoms with Gasteiger partial charge in [0.05, 0.1) is 6.10 Å². The third kappa shape index (κ3) is 4.83. The van der Waals surface area contributed by atoms with Crippen LogP contribution in [0.25, 0.3) is 0 Å². The number of aliphatic carboxylic acids is 1. The SMILES string of the molecule is O=C(O)C(O)C(O)C(O)C(O)CS(=O)(=O)O. The Morgan fingerprint density at radius 1 is 1.06 bits per heavy atom. The highest BCUT2D eigenvalue weighted by Crippen LogP contribution is 2.07. The van der Waals surface area contributed by atoms with Gasteiger partial charge in [-0.2, -0.15) is 8.42 Å². The molecule has 16 heavy (non-hydrogen) atoms. The van der Waals surface area contributed by atoms with E-state index in [4.69, 9.17) is 30.1 Å². The van der Waals surface area contributed by atoms with Gasteiger partial charge < -0.3 is 25.5 Å². The zero-order chi connectivity index (χ0) is 13.1. The zero-order valence-corrected chi connectivity index (χ0v) is 8.65. The van der Waals surface area contributed by atoms with Gasteiger partial charge in [-0.05, 0) is 0 Å². The number of carboxylic acid groups (broad SMARTS) is 1. The first-order chi connectivity index (χ1) is 7.06. The quantitative estimate of drug-likeness (QED) is 0.264. The molecule has 96 valence electrons. The van der Waals surface area contributed by atoms with Gasteiger partial charge in [-0.15, -0.1) is 0 Å². The van der Waals surface area contributed by atoms with Crippen LogP contribution in [0.1, 0.15) is 0 Å². The summed E-state index contributed by atoms with van der Waals surface area (Å²) in [5.74, 6) is -3.15. The smallest absolute Gasteiger partial charge is 0.335 e. The van der Waals surface area contributed by atoms with Gasteiger partial charge >= 0.3 is 5.97 Å². The zero-order valence-electron chi connectivity index (χ0n) is 7.83. The van der Waals surface area contributed by atoms with E-state index < -0.39 is 46.3 Å². The Morgan fingerprint density at radius 3 is 1.81 bits per heavy atom. The van der Waals surface area contributed by atoms with E-state index in [9.17, 15) is 13.2 Å². The molecule has 4 atom stereocenters. The highest BCUT2D eigenvalue weighted by Gasteiger charge is 2.35. The normalized spacial score (nSPS) is 19.8. The number of aliphatic hydroxyl groups excluding tert-OH is 4. The lowest BCUT2D eigenvalue weighted by molar-refractivity contribution is -0.161. The van der Waals surface area contributed by atoms with Crippen LogP contribution in [-0.2, 0) is 14.9 Å². The van der Waals surface area contributed by atoms with Gasteiger partial charge in [0, 0.05) is 0 Å². The molecule has 0 amide bonds. The van der Waals surface area contributed by atoms with Crippen LogP contribution in [0.4, 0.5) is 0 Å². The van der Waals surface area contributed by atoms with E-state index >= 15 is 0 Å². The molecule has 0 aromatic heterocycles. The Kier molecular flexibility index (Phi) is 5.25. The lowest BCUT2D eigenvalue weighted by Gasteiger charge is -2.23. The largest absolute Gasteiger partial charge is 0.479 e. The van der Waals surface area contributed by atoms with Crippen molar-refractivity contribution in [3.05, 3.63) is 0 Å². The number of aliphatic hydroxyl groups is 4. The van der Waals surface area contributed by atoms with Crippen LogP contribution in [0.3, 0.4) is 0 Å². The Labute approximate surface area is 90.3 Å². The van der Waals surface area contributed by atoms with Crippen molar-refractivity contribution in [3.63, 3.8) is 0 Å². The average molecular weight is 260 g/mol. The van der Waals surface area contributed by atoms with Gasteiger partial charge in [-0.3, -0.25) is 4.55 Å². The van der Waals surface area contributed by atoms with E-state index in [1.54, 1.807) is 0 Å². The highest BCUT2D eigenvalue weighted by atomic mass is 32.2. The fourth-order valence-corrected chi connectivity index (χ4v) is 1.50.